The van der Waals surface area contributed by atoms with Gasteiger partial charge in [0.15, 0.2) is 5.82 Å². The average molecular weight is 265 g/mol. The Bertz CT molecular complexity index is 542. The molecule has 0 bridgehead atoms. The highest BCUT2D eigenvalue weighted by atomic mass is 16.5. The number of hydrogen-bond acceptors (Lipinski definition) is 9. The van der Waals surface area contributed by atoms with Gasteiger partial charge in [-0.1, -0.05) is 5.16 Å². The van der Waals surface area contributed by atoms with Gasteiger partial charge in [-0.05, 0) is 6.92 Å². The minimum Gasteiger partial charge on any atom is -0.467 e. The standard InChI is InChI=1S/C10H15N7O2/c1-4-11-8-14-9(16-10(15-8)18-3)12-5-7-13-6(2)19-17-7/h4-5H2,1-3H3,(H2,11,12,14,15,16). The van der Waals surface area contributed by atoms with Crippen LogP contribution >= 0.6 is 0 Å². The smallest absolute Gasteiger partial charge is 0.322 e. The SMILES string of the molecule is CCNc1nc(NCc2noc(C)n2)nc(OC)n1. The molecule has 0 saturated heterocycles. The third-order valence-corrected chi connectivity index (χ3v) is 2.11. The Balaban J connectivity index is 2.08. The fourth-order valence-corrected chi connectivity index (χ4v) is 1.34. The van der Waals surface area contributed by atoms with Crippen LogP contribution in [-0.4, -0.2) is 38.7 Å². The number of methoxy groups -OCH3 is 1. The highest BCUT2D eigenvalue weighted by Gasteiger charge is 2.07. The molecule has 2 aromatic heterocycles. The van der Waals surface area contributed by atoms with E-state index in [2.05, 4.69) is 35.7 Å². The maximum Gasteiger partial charge on any atom is 0.322 e. The Morgan fingerprint density at radius 2 is 1.84 bits per heavy atom. The fourth-order valence-electron chi connectivity index (χ4n) is 1.34. The Kier molecular flexibility index (Phi) is 4.06. The number of anilines is 2. The van der Waals surface area contributed by atoms with E-state index in [-0.39, 0.29) is 6.01 Å². The summed E-state index contributed by atoms with van der Waals surface area (Å²) in [5, 5.41) is 9.74. The van der Waals surface area contributed by atoms with Crippen molar-refractivity contribution in [3.63, 3.8) is 0 Å². The molecule has 9 heteroatoms. The van der Waals surface area contributed by atoms with Crippen molar-refractivity contribution in [2.75, 3.05) is 24.3 Å². The van der Waals surface area contributed by atoms with Crippen molar-refractivity contribution in [2.45, 2.75) is 20.4 Å². The first-order chi connectivity index (χ1) is 9.21. The number of nitrogens with one attached hydrogen (secondary N) is 2. The first-order valence-corrected chi connectivity index (χ1v) is 5.78. The normalized spacial score (nSPS) is 10.3. The van der Waals surface area contributed by atoms with E-state index in [1.165, 1.54) is 7.11 Å². The van der Waals surface area contributed by atoms with Crippen LogP contribution in [0.1, 0.15) is 18.6 Å². The summed E-state index contributed by atoms with van der Waals surface area (Å²) >= 11 is 0. The van der Waals surface area contributed by atoms with Gasteiger partial charge in [0.25, 0.3) is 0 Å². The van der Waals surface area contributed by atoms with Crippen molar-refractivity contribution in [3.8, 4) is 6.01 Å². The van der Waals surface area contributed by atoms with E-state index < -0.39 is 0 Å². The van der Waals surface area contributed by atoms with Gasteiger partial charge in [0.05, 0.1) is 13.7 Å². The molecule has 0 radical (unpaired) electrons. The van der Waals surface area contributed by atoms with E-state index in [4.69, 9.17) is 9.26 Å². The molecule has 9 nitrogen and oxygen atoms in total. The van der Waals surface area contributed by atoms with E-state index >= 15 is 0 Å². The van der Waals surface area contributed by atoms with Crippen LogP contribution in [0.5, 0.6) is 6.01 Å². The van der Waals surface area contributed by atoms with E-state index in [0.717, 1.165) is 0 Å². The molecule has 0 amide bonds. The minimum atomic E-state index is 0.234. The maximum atomic E-state index is 5.01. The predicted octanol–water partition coefficient (Wildman–Crippen LogP) is 0.616. The molecule has 0 fully saturated rings. The van der Waals surface area contributed by atoms with Crippen LogP contribution in [0.3, 0.4) is 0 Å². The lowest BCUT2D eigenvalue weighted by molar-refractivity contribution is 0.379. The summed E-state index contributed by atoms with van der Waals surface area (Å²) in [7, 11) is 1.50. The van der Waals surface area contributed by atoms with Crippen LogP contribution in [0.2, 0.25) is 0 Å². The topological polar surface area (TPSA) is 111 Å². The monoisotopic (exact) mass is 265 g/mol. The molecule has 0 unspecified atom stereocenters. The molecule has 102 valence electrons. The molecule has 2 N–H and O–H groups in total. The molecule has 2 rings (SSSR count). The second kappa shape index (κ2) is 5.94. The first kappa shape index (κ1) is 13.0. The maximum absolute atomic E-state index is 5.01. The molecule has 0 spiro atoms. The largest absolute Gasteiger partial charge is 0.467 e. The van der Waals surface area contributed by atoms with Crippen LogP contribution in [0.15, 0.2) is 4.52 Å². The molecule has 0 aliphatic heterocycles. The van der Waals surface area contributed by atoms with Crippen LogP contribution in [0.25, 0.3) is 0 Å². The Morgan fingerprint density at radius 1 is 1.11 bits per heavy atom. The molecule has 0 atom stereocenters. The zero-order chi connectivity index (χ0) is 13.7. The number of rotatable bonds is 6. The van der Waals surface area contributed by atoms with Crippen molar-refractivity contribution in [1.29, 1.82) is 0 Å². The van der Waals surface area contributed by atoms with Crippen LogP contribution in [0, 0.1) is 6.92 Å². The van der Waals surface area contributed by atoms with Gasteiger partial charge >= 0.3 is 6.01 Å². The second-order valence-corrected chi connectivity index (χ2v) is 3.58. The minimum absolute atomic E-state index is 0.234. The Hall–Kier alpha value is -2.45. The van der Waals surface area contributed by atoms with E-state index in [9.17, 15) is 0 Å². The second-order valence-electron chi connectivity index (χ2n) is 3.58. The van der Waals surface area contributed by atoms with Gasteiger partial charge in [-0.25, -0.2) is 0 Å². The van der Waals surface area contributed by atoms with Gasteiger partial charge in [-0.15, -0.1) is 0 Å². The summed E-state index contributed by atoms with van der Waals surface area (Å²) in [5.41, 5.74) is 0. The summed E-state index contributed by atoms with van der Waals surface area (Å²) in [5.74, 6) is 1.87. The number of nitrogens with zero attached hydrogens (tertiary/aromatic N) is 5. The predicted molar refractivity (Wildman–Crippen MR) is 66.9 cm³/mol. The zero-order valence-corrected chi connectivity index (χ0v) is 11.0. The molecule has 0 aliphatic carbocycles. The fraction of sp³-hybridized carbons (Fsp3) is 0.500. The molecule has 0 aliphatic rings. The zero-order valence-electron chi connectivity index (χ0n) is 11.0. The quantitative estimate of drug-likeness (QED) is 0.776. The van der Waals surface area contributed by atoms with Gasteiger partial charge in [0, 0.05) is 13.5 Å². The summed E-state index contributed by atoms with van der Waals surface area (Å²) in [4.78, 5) is 16.4. The molecule has 0 aromatic carbocycles. The number of hydrogen-bond donors (Lipinski definition) is 2. The molecule has 2 aromatic rings. The lowest BCUT2D eigenvalue weighted by atomic mass is 10.6. The summed E-state index contributed by atoms with van der Waals surface area (Å²) in [6.45, 7) is 4.74. The number of aromatic nitrogens is 5. The van der Waals surface area contributed by atoms with Gasteiger partial charge < -0.3 is 19.9 Å². The van der Waals surface area contributed by atoms with Crippen molar-refractivity contribution in [2.24, 2.45) is 0 Å². The average Bonchev–Trinajstić information content (AvgIpc) is 2.82. The van der Waals surface area contributed by atoms with Gasteiger partial charge in [-0.2, -0.15) is 19.9 Å². The summed E-state index contributed by atoms with van der Waals surface area (Å²) in [6, 6.07) is 0.234. The first-order valence-electron chi connectivity index (χ1n) is 5.78. The van der Waals surface area contributed by atoms with Gasteiger partial charge in [0.1, 0.15) is 0 Å². The van der Waals surface area contributed by atoms with Crippen molar-refractivity contribution in [3.05, 3.63) is 11.7 Å². The van der Waals surface area contributed by atoms with E-state index in [0.29, 0.717) is 36.7 Å². The third kappa shape index (κ3) is 3.50. The molecule has 0 saturated carbocycles. The summed E-state index contributed by atoms with van der Waals surface area (Å²) in [6.07, 6.45) is 0. The van der Waals surface area contributed by atoms with Crippen molar-refractivity contribution >= 4 is 11.9 Å². The van der Waals surface area contributed by atoms with Gasteiger partial charge in [0.2, 0.25) is 17.8 Å². The molecular weight excluding hydrogens is 250 g/mol. The third-order valence-electron chi connectivity index (χ3n) is 2.11. The van der Waals surface area contributed by atoms with Crippen molar-refractivity contribution in [1.82, 2.24) is 25.1 Å². The number of aryl methyl sites for hydroxylation is 1. The van der Waals surface area contributed by atoms with E-state index in [1.807, 2.05) is 6.92 Å². The number of ether oxygens (including phenoxy) is 1. The lowest BCUT2D eigenvalue weighted by Gasteiger charge is -2.07. The van der Waals surface area contributed by atoms with E-state index in [1.54, 1.807) is 6.92 Å². The van der Waals surface area contributed by atoms with Crippen LogP contribution in [0.4, 0.5) is 11.9 Å². The Labute approximate surface area is 109 Å². The van der Waals surface area contributed by atoms with Gasteiger partial charge in [-0.3, -0.25) is 0 Å². The highest BCUT2D eigenvalue weighted by molar-refractivity contribution is 5.35. The molecular formula is C10H15N7O2. The lowest BCUT2D eigenvalue weighted by Crippen LogP contribution is -2.10. The molecule has 2 heterocycles. The van der Waals surface area contributed by atoms with Crippen molar-refractivity contribution < 1.29 is 9.26 Å². The van der Waals surface area contributed by atoms with Crippen LogP contribution in [-0.2, 0) is 6.54 Å². The van der Waals surface area contributed by atoms with Crippen LogP contribution < -0.4 is 15.4 Å². The summed E-state index contributed by atoms with van der Waals surface area (Å²) < 4.78 is 9.87. The molecule has 19 heavy (non-hydrogen) atoms. The Morgan fingerprint density at radius 3 is 2.42 bits per heavy atom. The highest BCUT2D eigenvalue weighted by Crippen LogP contribution is 2.11.